The van der Waals surface area contributed by atoms with Gasteiger partial charge in [0.1, 0.15) is 23.0 Å². The monoisotopic (exact) mass is 681 g/mol. The van der Waals surface area contributed by atoms with E-state index in [0.717, 1.165) is 39.8 Å². The number of ether oxygens (including phenoxy) is 2. The molecule has 0 aromatic heterocycles. The molecule has 0 fully saturated rings. The van der Waals surface area contributed by atoms with Crippen LogP contribution in [0.5, 0.6) is 23.0 Å². The molecular weight excluding hydrogens is 635 g/mol. The van der Waals surface area contributed by atoms with Crippen LogP contribution < -0.4 is 15.2 Å². The zero-order chi connectivity index (χ0) is 36.4. The highest BCUT2D eigenvalue weighted by molar-refractivity contribution is 5.52. The second kappa shape index (κ2) is 16.3. The lowest BCUT2D eigenvalue weighted by molar-refractivity contribution is 0.470. The molecule has 0 atom stereocenters. The normalized spacial score (nSPS) is 11.2. The second-order valence-electron chi connectivity index (χ2n) is 14.0. The third-order valence-electron chi connectivity index (χ3n) is 9.68. The van der Waals surface area contributed by atoms with E-state index < -0.39 is 0 Å². The van der Waals surface area contributed by atoms with Crippen LogP contribution in [-0.4, -0.2) is 0 Å². The highest BCUT2D eigenvalue weighted by Gasteiger charge is 2.27. The minimum absolute atomic E-state index is 0.193. The maximum atomic E-state index is 6.54. The molecule has 0 saturated carbocycles. The lowest BCUT2D eigenvalue weighted by Crippen LogP contribution is -2.19. The molecule has 0 amide bonds. The summed E-state index contributed by atoms with van der Waals surface area (Å²) >= 11 is 0. The molecule has 7 aromatic carbocycles. The topological polar surface area (TPSA) is 44.5 Å². The summed E-state index contributed by atoms with van der Waals surface area (Å²) in [5, 5.41) is 0. The summed E-state index contributed by atoms with van der Waals surface area (Å²) in [6.07, 6.45) is 0.641. The number of nitrogen functional groups attached to an aromatic ring is 1. The van der Waals surface area contributed by atoms with Crippen LogP contribution in [0.25, 0.3) is 0 Å². The van der Waals surface area contributed by atoms with Gasteiger partial charge >= 0.3 is 0 Å². The van der Waals surface area contributed by atoms with Gasteiger partial charge < -0.3 is 15.2 Å². The molecule has 0 bridgehead atoms. The molecule has 52 heavy (non-hydrogen) atoms. The summed E-state index contributed by atoms with van der Waals surface area (Å²) in [6.45, 7) is 9.14. The van der Waals surface area contributed by atoms with Gasteiger partial charge in [-0.25, -0.2) is 0 Å². The summed E-state index contributed by atoms with van der Waals surface area (Å²) < 4.78 is 13.1. The van der Waals surface area contributed by atoms with Crippen molar-refractivity contribution in [3.63, 3.8) is 0 Å². The summed E-state index contributed by atoms with van der Waals surface area (Å²) in [6, 6.07) is 64.2. The van der Waals surface area contributed by atoms with Crippen molar-refractivity contribution >= 4 is 5.69 Å². The van der Waals surface area contributed by atoms with E-state index in [2.05, 4.69) is 125 Å². The van der Waals surface area contributed by atoms with E-state index in [1.165, 1.54) is 22.3 Å². The van der Waals surface area contributed by atoms with Crippen LogP contribution in [0, 0.1) is 0 Å². The molecule has 0 unspecified atom stereocenters. The second-order valence-corrected chi connectivity index (χ2v) is 14.0. The third-order valence-corrected chi connectivity index (χ3v) is 9.68. The molecule has 0 aliphatic heterocycles. The highest BCUT2D eigenvalue weighted by Crippen LogP contribution is 2.40. The number of rotatable bonds is 10. The number of para-hydroxylation sites is 3. The van der Waals surface area contributed by atoms with E-state index in [1.807, 2.05) is 91.0 Å². The zero-order valence-corrected chi connectivity index (χ0v) is 30.5. The first-order chi connectivity index (χ1) is 25.2. The zero-order valence-electron chi connectivity index (χ0n) is 30.5. The Hall–Kier alpha value is -6.06. The molecule has 3 nitrogen and oxygen atoms in total. The molecule has 0 radical (unpaired) electrons. The largest absolute Gasteiger partial charge is 0.457 e. The van der Waals surface area contributed by atoms with Crippen molar-refractivity contribution in [1.29, 1.82) is 0 Å². The quantitative estimate of drug-likeness (QED) is 0.146. The van der Waals surface area contributed by atoms with Gasteiger partial charge in [0.25, 0.3) is 0 Å². The Morgan fingerprint density at radius 3 is 1.04 bits per heavy atom. The Balaban J connectivity index is 0.000000594. The Morgan fingerprint density at radius 2 is 0.712 bits per heavy atom. The van der Waals surface area contributed by atoms with Crippen LogP contribution in [0.3, 0.4) is 0 Å². The first-order valence-corrected chi connectivity index (χ1v) is 17.8. The predicted octanol–water partition coefficient (Wildman–Crippen LogP) is 12.8. The van der Waals surface area contributed by atoms with E-state index in [-0.39, 0.29) is 10.8 Å². The van der Waals surface area contributed by atoms with Gasteiger partial charge in [0.15, 0.2) is 0 Å². The van der Waals surface area contributed by atoms with Crippen molar-refractivity contribution in [3.05, 3.63) is 221 Å². The van der Waals surface area contributed by atoms with Crippen LogP contribution in [0.1, 0.15) is 61.1 Å². The average Bonchev–Trinajstić information content (AvgIpc) is 3.18. The van der Waals surface area contributed by atoms with Gasteiger partial charge in [-0.1, -0.05) is 167 Å². The van der Waals surface area contributed by atoms with Crippen LogP contribution in [0.15, 0.2) is 188 Å². The summed E-state index contributed by atoms with van der Waals surface area (Å²) in [5.74, 6) is 3.31. The fraction of sp³-hybridized carbons (Fsp3) is 0.143. The van der Waals surface area contributed by atoms with E-state index >= 15 is 0 Å². The van der Waals surface area contributed by atoms with Gasteiger partial charge in [-0.05, 0) is 81.9 Å². The van der Waals surface area contributed by atoms with Crippen molar-refractivity contribution in [2.75, 3.05) is 5.73 Å². The predicted molar refractivity (Wildman–Crippen MR) is 217 cm³/mol. The van der Waals surface area contributed by atoms with Crippen molar-refractivity contribution in [2.24, 2.45) is 0 Å². The standard InChI is InChI=1S/C43H40O2.C6H7N/c1-42(2,34-17-9-5-10-18-34)36-25-27-40(44-38-21-13-7-14-22-38)32(30-36)29-33-31-37(43(3,4)35-19-11-6-12-20-35)26-28-41(33)45-39-23-15-8-16-24-39;7-6-4-2-1-3-5-6/h5-28,30-31H,29H2,1-4H3;1-5H,7H2. The molecule has 7 aromatic rings. The smallest absolute Gasteiger partial charge is 0.130 e. The van der Waals surface area contributed by atoms with E-state index in [1.54, 1.807) is 0 Å². The molecular formula is C49H47NO2. The summed E-state index contributed by atoms with van der Waals surface area (Å²) in [4.78, 5) is 0. The number of hydrogen-bond donors (Lipinski definition) is 1. The first-order valence-electron chi connectivity index (χ1n) is 17.8. The molecule has 0 heterocycles. The molecule has 7 rings (SSSR count). The summed E-state index contributed by atoms with van der Waals surface area (Å²) in [7, 11) is 0. The minimum Gasteiger partial charge on any atom is -0.457 e. The first kappa shape index (κ1) is 35.8. The number of benzene rings is 7. The van der Waals surface area contributed by atoms with Gasteiger partial charge in [-0.3, -0.25) is 0 Å². The fourth-order valence-electron chi connectivity index (χ4n) is 6.34. The van der Waals surface area contributed by atoms with Gasteiger partial charge in [-0.2, -0.15) is 0 Å². The van der Waals surface area contributed by atoms with Crippen LogP contribution in [0.2, 0.25) is 0 Å². The van der Waals surface area contributed by atoms with Crippen molar-refractivity contribution in [2.45, 2.75) is 44.9 Å². The molecule has 0 spiro atoms. The molecule has 0 saturated heterocycles. The maximum Gasteiger partial charge on any atom is 0.130 e. The van der Waals surface area contributed by atoms with Crippen LogP contribution in [-0.2, 0) is 17.3 Å². The van der Waals surface area contributed by atoms with Crippen molar-refractivity contribution in [3.8, 4) is 23.0 Å². The maximum absolute atomic E-state index is 6.54. The van der Waals surface area contributed by atoms with Crippen molar-refractivity contribution < 1.29 is 9.47 Å². The third kappa shape index (κ3) is 8.80. The van der Waals surface area contributed by atoms with Gasteiger partial charge in [-0.15, -0.1) is 0 Å². The van der Waals surface area contributed by atoms with Gasteiger partial charge in [0.05, 0.1) is 0 Å². The molecule has 260 valence electrons. The SMILES string of the molecule is CC(C)(c1ccccc1)c1ccc(Oc2ccccc2)c(Cc2cc(C(C)(C)c3ccccc3)ccc2Oc2ccccc2)c1.Nc1ccccc1. The van der Waals surface area contributed by atoms with E-state index in [9.17, 15) is 0 Å². The number of hydrogen-bond acceptors (Lipinski definition) is 3. The van der Waals surface area contributed by atoms with Crippen LogP contribution >= 0.6 is 0 Å². The molecule has 2 N–H and O–H groups in total. The van der Waals surface area contributed by atoms with Gasteiger partial charge in [0.2, 0.25) is 0 Å². The van der Waals surface area contributed by atoms with E-state index in [0.29, 0.717) is 6.42 Å². The number of anilines is 1. The Bertz CT molecular complexity index is 2010. The number of nitrogens with two attached hydrogens (primary N) is 1. The lowest BCUT2D eigenvalue weighted by Gasteiger charge is -2.28. The van der Waals surface area contributed by atoms with Gasteiger partial charge in [0, 0.05) is 22.9 Å². The molecule has 3 heteroatoms. The molecule has 0 aliphatic carbocycles. The minimum atomic E-state index is -0.193. The highest BCUT2D eigenvalue weighted by atomic mass is 16.5. The Labute approximate surface area is 309 Å². The summed E-state index contributed by atoms with van der Waals surface area (Å²) in [5.41, 5.74) is 13.0. The fourth-order valence-corrected chi connectivity index (χ4v) is 6.34. The average molecular weight is 682 g/mol. The lowest BCUT2D eigenvalue weighted by atomic mass is 9.76. The van der Waals surface area contributed by atoms with Crippen molar-refractivity contribution in [1.82, 2.24) is 0 Å². The van der Waals surface area contributed by atoms with E-state index in [4.69, 9.17) is 15.2 Å². The Morgan fingerprint density at radius 1 is 0.385 bits per heavy atom. The molecule has 0 aliphatic rings. The Kier molecular flexibility index (Phi) is 11.2. The van der Waals surface area contributed by atoms with Crippen LogP contribution in [0.4, 0.5) is 5.69 Å².